The Labute approximate surface area is 124 Å². The average molecular weight is 284 g/mol. The van der Waals surface area contributed by atoms with Gasteiger partial charge in [-0.05, 0) is 33.1 Å². The summed E-state index contributed by atoms with van der Waals surface area (Å²) in [5.41, 5.74) is 0.680. The third-order valence-corrected chi connectivity index (χ3v) is 3.64. The van der Waals surface area contributed by atoms with Crippen LogP contribution in [0.4, 0.5) is 0 Å². The number of esters is 1. The smallest absolute Gasteiger partial charge is 0.333 e. The zero-order valence-corrected chi connectivity index (χ0v) is 13.5. The largest absolute Gasteiger partial charge is 0.462 e. The van der Waals surface area contributed by atoms with E-state index >= 15 is 0 Å². The van der Waals surface area contributed by atoms with E-state index in [4.69, 9.17) is 4.74 Å². The molecule has 0 radical (unpaired) electrons. The molecule has 0 fully saturated rings. The minimum atomic E-state index is -0.193. The van der Waals surface area contributed by atoms with Crippen molar-refractivity contribution in [2.45, 2.75) is 84.7 Å². The van der Waals surface area contributed by atoms with Gasteiger partial charge in [-0.2, -0.15) is 0 Å². The standard InChI is InChI=1S/C17H32O3/c1-4-15(3)17(19)20-14-12-10-8-6-7-9-11-13-16(18)5-2/h4,16,18H,5-14H2,1-3H3. The Hall–Kier alpha value is -0.830. The van der Waals surface area contributed by atoms with E-state index in [0.717, 1.165) is 32.1 Å². The number of hydrogen-bond acceptors (Lipinski definition) is 3. The van der Waals surface area contributed by atoms with E-state index in [9.17, 15) is 9.90 Å². The van der Waals surface area contributed by atoms with Gasteiger partial charge in [0.05, 0.1) is 12.7 Å². The fourth-order valence-electron chi connectivity index (χ4n) is 1.97. The molecule has 20 heavy (non-hydrogen) atoms. The van der Waals surface area contributed by atoms with E-state index in [1.807, 2.05) is 13.8 Å². The first-order valence-electron chi connectivity index (χ1n) is 8.09. The Morgan fingerprint density at radius 1 is 1.10 bits per heavy atom. The Morgan fingerprint density at radius 3 is 2.20 bits per heavy atom. The molecule has 0 spiro atoms. The van der Waals surface area contributed by atoms with Crippen LogP contribution in [0.25, 0.3) is 0 Å². The fraction of sp³-hybridized carbons (Fsp3) is 0.824. The monoisotopic (exact) mass is 284 g/mol. The molecule has 0 bridgehead atoms. The Morgan fingerprint density at radius 2 is 1.65 bits per heavy atom. The first-order valence-corrected chi connectivity index (χ1v) is 8.09. The quantitative estimate of drug-likeness (QED) is 0.328. The molecule has 0 aliphatic heterocycles. The number of hydrogen-bond donors (Lipinski definition) is 1. The lowest BCUT2D eigenvalue weighted by Gasteiger charge is -2.07. The van der Waals surface area contributed by atoms with Gasteiger partial charge in [0.15, 0.2) is 0 Å². The molecular weight excluding hydrogens is 252 g/mol. The molecule has 0 saturated heterocycles. The Balaban J connectivity index is 3.23. The summed E-state index contributed by atoms with van der Waals surface area (Å²) < 4.78 is 5.14. The van der Waals surface area contributed by atoms with Gasteiger partial charge in [-0.1, -0.05) is 51.5 Å². The Kier molecular flexibility index (Phi) is 12.6. The maximum Gasteiger partial charge on any atom is 0.333 e. The van der Waals surface area contributed by atoms with E-state index in [2.05, 4.69) is 0 Å². The summed E-state index contributed by atoms with van der Waals surface area (Å²) in [6.07, 6.45) is 11.6. The van der Waals surface area contributed by atoms with Crippen LogP contribution in [0, 0.1) is 0 Å². The minimum absolute atomic E-state index is 0.106. The highest BCUT2D eigenvalue weighted by Gasteiger charge is 2.03. The predicted molar refractivity (Wildman–Crippen MR) is 83.6 cm³/mol. The molecule has 0 amide bonds. The number of carbonyl (C=O) groups excluding carboxylic acids is 1. The van der Waals surface area contributed by atoms with Crippen LogP contribution in [0.2, 0.25) is 0 Å². The first-order chi connectivity index (χ1) is 9.61. The number of carbonyl (C=O) groups is 1. The summed E-state index contributed by atoms with van der Waals surface area (Å²) in [6, 6.07) is 0. The van der Waals surface area contributed by atoms with Crippen molar-refractivity contribution in [3.05, 3.63) is 11.6 Å². The second-order valence-electron chi connectivity index (χ2n) is 5.43. The molecule has 0 saturated carbocycles. The molecule has 0 aliphatic carbocycles. The fourth-order valence-corrected chi connectivity index (χ4v) is 1.97. The first kappa shape index (κ1) is 19.2. The molecule has 118 valence electrons. The van der Waals surface area contributed by atoms with Crippen LogP contribution >= 0.6 is 0 Å². The SMILES string of the molecule is CC=C(C)C(=O)OCCCCCCCCCC(O)CC. The molecule has 1 unspecified atom stereocenters. The van der Waals surface area contributed by atoms with Crippen molar-refractivity contribution in [3.63, 3.8) is 0 Å². The van der Waals surface area contributed by atoms with Gasteiger partial charge in [0.2, 0.25) is 0 Å². The van der Waals surface area contributed by atoms with Gasteiger partial charge >= 0.3 is 5.97 Å². The molecule has 0 aliphatic rings. The molecule has 1 N–H and O–H groups in total. The second kappa shape index (κ2) is 13.2. The third-order valence-electron chi connectivity index (χ3n) is 3.64. The third kappa shape index (κ3) is 11.0. The molecule has 0 aromatic carbocycles. The van der Waals surface area contributed by atoms with E-state index in [1.54, 1.807) is 13.0 Å². The molecule has 1 atom stereocenters. The molecule has 0 heterocycles. The van der Waals surface area contributed by atoms with Crippen LogP contribution in [0.5, 0.6) is 0 Å². The molecule has 3 nitrogen and oxygen atoms in total. The summed E-state index contributed by atoms with van der Waals surface area (Å²) in [6.45, 7) is 6.18. The zero-order valence-electron chi connectivity index (χ0n) is 13.5. The van der Waals surface area contributed by atoms with E-state index in [-0.39, 0.29) is 12.1 Å². The lowest BCUT2D eigenvalue weighted by molar-refractivity contribution is -0.139. The van der Waals surface area contributed by atoms with Gasteiger partial charge in [-0.25, -0.2) is 4.79 Å². The summed E-state index contributed by atoms with van der Waals surface area (Å²) in [5.74, 6) is -0.193. The maximum absolute atomic E-state index is 11.3. The number of rotatable bonds is 12. The van der Waals surface area contributed by atoms with Crippen molar-refractivity contribution in [1.82, 2.24) is 0 Å². The van der Waals surface area contributed by atoms with Crippen molar-refractivity contribution in [2.75, 3.05) is 6.61 Å². The topological polar surface area (TPSA) is 46.5 Å². The molecular formula is C17H32O3. The van der Waals surface area contributed by atoms with Crippen LogP contribution in [0.15, 0.2) is 11.6 Å². The van der Waals surface area contributed by atoms with E-state index in [1.165, 1.54) is 25.7 Å². The summed E-state index contributed by atoms with van der Waals surface area (Å²) in [5, 5.41) is 9.41. The predicted octanol–water partition coefficient (Wildman–Crippen LogP) is 4.39. The van der Waals surface area contributed by atoms with Crippen LogP contribution in [0.3, 0.4) is 0 Å². The summed E-state index contributed by atoms with van der Waals surface area (Å²) in [7, 11) is 0. The van der Waals surface area contributed by atoms with Crippen molar-refractivity contribution >= 4 is 5.97 Å². The number of allylic oxidation sites excluding steroid dienone is 1. The zero-order chi connectivity index (χ0) is 15.2. The van der Waals surface area contributed by atoms with Crippen LogP contribution in [0.1, 0.15) is 78.6 Å². The lowest BCUT2D eigenvalue weighted by Crippen LogP contribution is -2.06. The van der Waals surface area contributed by atoms with Gasteiger partial charge in [0, 0.05) is 5.57 Å². The summed E-state index contributed by atoms with van der Waals surface area (Å²) in [4.78, 5) is 11.3. The van der Waals surface area contributed by atoms with E-state index in [0.29, 0.717) is 12.2 Å². The van der Waals surface area contributed by atoms with Gasteiger partial charge in [-0.3, -0.25) is 0 Å². The van der Waals surface area contributed by atoms with Crippen molar-refractivity contribution < 1.29 is 14.6 Å². The van der Waals surface area contributed by atoms with Crippen molar-refractivity contribution in [1.29, 1.82) is 0 Å². The molecule has 0 aromatic rings. The van der Waals surface area contributed by atoms with Crippen molar-refractivity contribution in [2.24, 2.45) is 0 Å². The number of aliphatic hydroxyl groups excluding tert-OH is 1. The maximum atomic E-state index is 11.3. The normalized spacial score (nSPS) is 13.3. The van der Waals surface area contributed by atoms with Crippen molar-refractivity contribution in [3.8, 4) is 0 Å². The number of ether oxygens (including phenoxy) is 1. The average Bonchev–Trinajstić information content (AvgIpc) is 2.47. The van der Waals surface area contributed by atoms with Gasteiger partial charge in [0.1, 0.15) is 0 Å². The lowest BCUT2D eigenvalue weighted by atomic mass is 10.1. The van der Waals surface area contributed by atoms with E-state index < -0.39 is 0 Å². The highest BCUT2D eigenvalue weighted by molar-refractivity contribution is 5.87. The summed E-state index contributed by atoms with van der Waals surface area (Å²) >= 11 is 0. The highest BCUT2D eigenvalue weighted by Crippen LogP contribution is 2.11. The van der Waals surface area contributed by atoms with Crippen LogP contribution in [-0.4, -0.2) is 23.8 Å². The second-order valence-corrected chi connectivity index (χ2v) is 5.43. The van der Waals surface area contributed by atoms with Gasteiger partial charge in [0.25, 0.3) is 0 Å². The van der Waals surface area contributed by atoms with Crippen LogP contribution in [-0.2, 0) is 9.53 Å². The molecule has 0 aromatic heterocycles. The Bertz CT molecular complexity index is 271. The number of unbranched alkanes of at least 4 members (excludes halogenated alkanes) is 6. The van der Waals surface area contributed by atoms with Gasteiger partial charge in [-0.15, -0.1) is 0 Å². The molecule has 3 heteroatoms. The minimum Gasteiger partial charge on any atom is -0.462 e. The number of aliphatic hydroxyl groups is 1. The van der Waals surface area contributed by atoms with Gasteiger partial charge < -0.3 is 9.84 Å². The van der Waals surface area contributed by atoms with Crippen LogP contribution < -0.4 is 0 Å². The highest BCUT2D eigenvalue weighted by atomic mass is 16.5. The molecule has 0 rings (SSSR count).